The summed E-state index contributed by atoms with van der Waals surface area (Å²) in [5.74, 6) is 0.422. The Morgan fingerprint density at radius 3 is 2.53 bits per heavy atom. The number of hydrogen-bond acceptors (Lipinski definition) is 6. The van der Waals surface area contributed by atoms with Crippen LogP contribution in [0.1, 0.15) is 35.8 Å². The van der Waals surface area contributed by atoms with E-state index in [4.69, 9.17) is 0 Å². The van der Waals surface area contributed by atoms with Crippen molar-refractivity contribution in [3.8, 4) is 5.69 Å². The third-order valence-electron chi connectivity index (χ3n) is 6.33. The molecule has 11 heteroatoms. The van der Waals surface area contributed by atoms with Crippen molar-refractivity contribution in [2.24, 2.45) is 5.92 Å². The molecule has 8 nitrogen and oxygen atoms in total. The molecule has 4 heterocycles. The number of alkyl halides is 3. The van der Waals surface area contributed by atoms with Gasteiger partial charge in [0.25, 0.3) is 5.91 Å². The highest BCUT2D eigenvalue weighted by molar-refractivity contribution is 5.96. The second kappa shape index (κ2) is 7.57. The number of nitrogens with one attached hydrogen (secondary N) is 1. The van der Waals surface area contributed by atoms with Gasteiger partial charge in [0.05, 0.1) is 24.0 Å². The van der Waals surface area contributed by atoms with E-state index in [0.717, 1.165) is 25.1 Å². The number of hydrogen-bond donors (Lipinski definition) is 1. The van der Waals surface area contributed by atoms with Crippen LogP contribution < -0.4 is 5.32 Å². The van der Waals surface area contributed by atoms with Gasteiger partial charge < -0.3 is 10.2 Å². The maximum atomic E-state index is 13.5. The molecular formula is C21H20F3N7O. The van der Waals surface area contributed by atoms with Gasteiger partial charge in [-0.3, -0.25) is 4.79 Å². The molecule has 1 N–H and O–H groups in total. The van der Waals surface area contributed by atoms with Crippen molar-refractivity contribution in [3.63, 3.8) is 0 Å². The average molecular weight is 443 g/mol. The number of carbonyl (C=O) groups excluding carboxylic acids is 1. The lowest BCUT2D eigenvalue weighted by atomic mass is 9.97. The van der Waals surface area contributed by atoms with Crippen molar-refractivity contribution in [2.45, 2.75) is 44.1 Å². The molecule has 2 aliphatic rings. The monoisotopic (exact) mass is 443 g/mol. The molecule has 2 fully saturated rings. The molecule has 1 aliphatic carbocycles. The van der Waals surface area contributed by atoms with Gasteiger partial charge in [0.2, 0.25) is 0 Å². The molecule has 32 heavy (non-hydrogen) atoms. The fraction of sp³-hybridized carbons (Fsp3) is 0.381. The fourth-order valence-electron chi connectivity index (χ4n) is 4.80. The Labute approximate surface area is 181 Å². The fourth-order valence-corrected chi connectivity index (χ4v) is 4.80. The molecule has 2 bridgehead atoms. The summed E-state index contributed by atoms with van der Waals surface area (Å²) in [7, 11) is 0. The van der Waals surface area contributed by atoms with Gasteiger partial charge in [-0.15, -0.1) is 4.80 Å². The first-order chi connectivity index (χ1) is 15.3. The van der Waals surface area contributed by atoms with Crippen LogP contribution in [-0.4, -0.2) is 53.9 Å². The summed E-state index contributed by atoms with van der Waals surface area (Å²) in [6.07, 6.45) is 2.62. The standard InChI is InChI=1S/C21H20F3N7O/c1-12-13-9-15(29-18-5-4-14(11-26-18)21(22,23)24)17(10-13)30(12)20(32)19-16(3-2-6-25-19)31-27-7-8-28-31/h2-8,11-13,15,17H,9-10H2,1H3,(H,26,29)/t12?,13?,15-,17?/m0/s1. The summed E-state index contributed by atoms with van der Waals surface area (Å²) in [5, 5.41) is 11.5. The minimum absolute atomic E-state index is 0.0200. The molecule has 1 saturated carbocycles. The van der Waals surface area contributed by atoms with E-state index in [1.165, 1.54) is 23.3 Å². The number of nitrogens with zero attached hydrogens (tertiary/aromatic N) is 6. The van der Waals surface area contributed by atoms with Crippen LogP contribution in [0.15, 0.2) is 49.1 Å². The number of carbonyl (C=O) groups is 1. The first kappa shape index (κ1) is 20.4. The molecule has 4 atom stereocenters. The quantitative estimate of drug-likeness (QED) is 0.666. The van der Waals surface area contributed by atoms with Gasteiger partial charge in [-0.2, -0.15) is 23.4 Å². The van der Waals surface area contributed by atoms with Gasteiger partial charge in [0, 0.05) is 24.5 Å². The number of pyridine rings is 2. The largest absolute Gasteiger partial charge is 0.417 e. The Bertz CT molecular complexity index is 1120. The molecule has 0 aromatic carbocycles. The summed E-state index contributed by atoms with van der Waals surface area (Å²) in [4.78, 5) is 25.0. The number of anilines is 1. The molecule has 0 radical (unpaired) electrons. The van der Waals surface area contributed by atoms with Crippen LogP contribution >= 0.6 is 0 Å². The van der Waals surface area contributed by atoms with Gasteiger partial charge in [-0.05, 0) is 49.9 Å². The Kier molecular flexibility index (Phi) is 4.83. The number of amides is 1. The van der Waals surface area contributed by atoms with E-state index in [-0.39, 0.29) is 35.6 Å². The predicted molar refractivity (Wildman–Crippen MR) is 108 cm³/mol. The van der Waals surface area contributed by atoms with Crippen molar-refractivity contribution >= 4 is 11.7 Å². The van der Waals surface area contributed by atoms with E-state index >= 15 is 0 Å². The molecular weight excluding hydrogens is 423 g/mol. The second-order valence-electron chi connectivity index (χ2n) is 8.12. The van der Waals surface area contributed by atoms with Crippen LogP contribution in [0.5, 0.6) is 0 Å². The lowest BCUT2D eigenvalue weighted by molar-refractivity contribution is -0.137. The third-order valence-corrected chi connectivity index (χ3v) is 6.33. The third kappa shape index (κ3) is 3.47. The van der Waals surface area contributed by atoms with Crippen molar-refractivity contribution < 1.29 is 18.0 Å². The maximum absolute atomic E-state index is 13.5. The van der Waals surface area contributed by atoms with Gasteiger partial charge in [-0.25, -0.2) is 9.97 Å². The smallest absolute Gasteiger partial charge is 0.365 e. The van der Waals surface area contributed by atoms with E-state index in [0.29, 0.717) is 11.5 Å². The minimum Gasteiger partial charge on any atom is -0.365 e. The van der Waals surface area contributed by atoms with E-state index in [9.17, 15) is 18.0 Å². The molecule has 3 aromatic heterocycles. The summed E-state index contributed by atoms with van der Waals surface area (Å²) in [5.41, 5.74) is -0.0442. The summed E-state index contributed by atoms with van der Waals surface area (Å²) >= 11 is 0. The average Bonchev–Trinajstić information content (AvgIpc) is 3.50. The minimum atomic E-state index is -4.43. The van der Waals surface area contributed by atoms with Crippen molar-refractivity contribution in [1.82, 2.24) is 29.9 Å². The molecule has 166 valence electrons. The van der Waals surface area contributed by atoms with Gasteiger partial charge in [-0.1, -0.05) is 0 Å². The Hall–Kier alpha value is -3.50. The van der Waals surface area contributed by atoms with Crippen LogP contribution in [0.4, 0.5) is 19.0 Å². The van der Waals surface area contributed by atoms with Crippen LogP contribution in [0.3, 0.4) is 0 Å². The topological polar surface area (TPSA) is 88.8 Å². The first-order valence-corrected chi connectivity index (χ1v) is 10.3. The van der Waals surface area contributed by atoms with E-state index in [1.54, 1.807) is 18.3 Å². The van der Waals surface area contributed by atoms with Gasteiger partial charge >= 0.3 is 6.18 Å². The summed E-state index contributed by atoms with van der Waals surface area (Å²) in [6, 6.07) is 5.57. The molecule has 0 spiro atoms. The Balaban J connectivity index is 1.38. The predicted octanol–water partition coefficient (Wildman–Crippen LogP) is 3.18. The molecule has 3 aromatic rings. The van der Waals surface area contributed by atoms with Crippen LogP contribution in [0, 0.1) is 5.92 Å². The molecule has 1 saturated heterocycles. The van der Waals surface area contributed by atoms with E-state index in [1.807, 2.05) is 11.8 Å². The van der Waals surface area contributed by atoms with Gasteiger partial charge in [0.1, 0.15) is 11.5 Å². The highest BCUT2D eigenvalue weighted by Gasteiger charge is 2.52. The van der Waals surface area contributed by atoms with Crippen molar-refractivity contribution in [2.75, 3.05) is 5.32 Å². The first-order valence-electron chi connectivity index (χ1n) is 10.3. The van der Waals surface area contributed by atoms with Crippen LogP contribution in [0.2, 0.25) is 0 Å². The molecule has 5 rings (SSSR count). The highest BCUT2D eigenvalue weighted by atomic mass is 19.4. The van der Waals surface area contributed by atoms with Crippen molar-refractivity contribution in [1.29, 1.82) is 0 Å². The lowest BCUT2D eigenvalue weighted by Gasteiger charge is -2.38. The normalized spacial score (nSPS) is 24.7. The van der Waals surface area contributed by atoms with E-state index in [2.05, 4.69) is 25.5 Å². The number of rotatable bonds is 4. The zero-order valence-electron chi connectivity index (χ0n) is 17.1. The van der Waals surface area contributed by atoms with Crippen LogP contribution in [0.25, 0.3) is 5.69 Å². The van der Waals surface area contributed by atoms with Gasteiger partial charge in [0.15, 0.2) is 5.69 Å². The van der Waals surface area contributed by atoms with E-state index < -0.39 is 11.7 Å². The summed E-state index contributed by atoms with van der Waals surface area (Å²) in [6.45, 7) is 2.02. The Morgan fingerprint density at radius 2 is 1.88 bits per heavy atom. The Morgan fingerprint density at radius 1 is 1.09 bits per heavy atom. The molecule has 1 aliphatic heterocycles. The summed E-state index contributed by atoms with van der Waals surface area (Å²) < 4.78 is 38.4. The molecule has 1 amide bonds. The number of halogens is 3. The maximum Gasteiger partial charge on any atom is 0.417 e. The zero-order chi connectivity index (χ0) is 22.5. The van der Waals surface area contributed by atoms with Crippen molar-refractivity contribution in [3.05, 3.63) is 60.3 Å². The highest BCUT2D eigenvalue weighted by Crippen LogP contribution is 2.44. The SMILES string of the molecule is CC1C2CC([C@@H](Nc3ccc(C(F)(F)F)cn3)C2)N1C(=O)c1ncccc1-n1nccn1. The number of aromatic nitrogens is 5. The van der Waals surface area contributed by atoms with Crippen LogP contribution in [-0.2, 0) is 6.18 Å². The molecule has 3 unspecified atom stereocenters. The number of likely N-dealkylation sites (tertiary alicyclic amines) is 1. The second-order valence-corrected chi connectivity index (χ2v) is 8.12. The number of fused-ring (bicyclic) bond motifs is 2. The zero-order valence-corrected chi connectivity index (χ0v) is 17.1. The lowest BCUT2D eigenvalue weighted by Crippen LogP contribution is -2.52. The number of piperidine rings is 1.